The zero-order valence-electron chi connectivity index (χ0n) is 17.3. The second-order valence-corrected chi connectivity index (χ2v) is 9.55. The maximum absolute atomic E-state index is 14.8. The first-order chi connectivity index (χ1) is 14.0. The third kappa shape index (κ3) is 4.82. The van der Waals surface area contributed by atoms with Crippen molar-refractivity contribution in [3.8, 4) is 0 Å². The Morgan fingerprint density at radius 2 is 1.41 bits per heavy atom. The molecule has 4 rings (SSSR count). The van der Waals surface area contributed by atoms with Crippen molar-refractivity contribution in [1.29, 1.82) is 0 Å². The highest BCUT2D eigenvalue weighted by Gasteiger charge is 2.33. The number of benzene rings is 1. The first-order valence-electron chi connectivity index (χ1n) is 11.3. The van der Waals surface area contributed by atoms with E-state index in [2.05, 4.69) is 6.92 Å². The summed E-state index contributed by atoms with van der Waals surface area (Å²) in [6.45, 7) is 3.14. The zero-order valence-corrected chi connectivity index (χ0v) is 17.3. The summed E-state index contributed by atoms with van der Waals surface area (Å²) in [5.41, 5.74) is 0.563. The average molecular weight is 411 g/mol. The first kappa shape index (κ1) is 21.2. The summed E-state index contributed by atoms with van der Waals surface area (Å²) in [6, 6.07) is 2.74. The van der Waals surface area contributed by atoms with Crippen LogP contribution in [0, 0.1) is 35.3 Å². The van der Waals surface area contributed by atoms with Crippen molar-refractivity contribution in [3.05, 3.63) is 34.9 Å². The van der Waals surface area contributed by atoms with E-state index in [0.717, 1.165) is 5.92 Å². The van der Waals surface area contributed by atoms with E-state index in [-0.39, 0.29) is 24.1 Å². The van der Waals surface area contributed by atoms with E-state index >= 15 is 0 Å². The lowest BCUT2D eigenvalue weighted by atomic mass is 9.76. The van der Waals surface area contributed by atoms with Crippen molar-refractivity contribution in [1.82, 2.24) is 0 Å². The van der Waals surface area contributed by atoms with Gasteiger partial charge < -0.3 is 9.47 Å². The summed E-state index contributed by atoms with van der Waals surface area (Å²) < 4.78 is 54.2. The van der Waals surface area contributed by atoms with Gasteiger partial charge in [0.25, 0.3) is 0 Å². The molecule has 0 bridgehead atoms. The molecule has 5 heteroatoms. The van der Waals surface area contributed by atoms with Crippen molar-refractivity contribution in [2.75, 3.05) is 19.9 Å². The summed E-state index contributed by atoms with van der Waals surface area (Å²) in [6.07, 6.45) is 6.91. The Morgan fingerprint density at radius 1 is 0.828 bits per heavy atom. The van der Waals surface area contributed by atoms with E-state index < -0.39 is 17.9 Å². The SMILES string of the molecule is CC1CCC(C2COC(c3cc(F)c(C4CCC(CF)CC4)c(F)c3)OC2)CC1. The monoisotopic (exact) mass is 410 g/mol. The van der Waals surface area contributed by atoms with Gasteiger partial charge in [0.2, 0.25) is 0 Å². The lowest BCUT2D eigenvalue weighted by Crippen LogP contribution is -2.34. The van der Waals surface area contributed by atoms with Gasteiger partial charge >= 0.3 is 0 Å². The molecule has 0 radical (unpaired) electrons. The van der Waals surface area contributed by atoms with Gasteiger partial charge in [-0.15, -0.1) is 0 Å². The third-order valence-corrected chi connectivity index (χ3v) is 7.50. The molecule has 0 unspecified atom stereocenters. The van der Waals surface area contributed by atoms with Crippen molar-refractivity contribution < 1.29 is 22.6 Å². The number of halogens is 3. The lowest BCUT2D eigenvalue weighted by Gasteiger charge is -2.37. The number of ether oxygens (including phenoxy) is 2. The van der Waals surface area contributed by atoms with Gasteiger partial charge in [-0.25, -0.2) is 8.78 Å². The summed E-state index contributed by atoms with van der Waals surface area (Å²) in [5.74, 6) is 0.625. The molecule has 29 heavy (non-hydrogen) atoms. The molecule has 2 saturated carbocycles. The Kier molecular flexibility index (Phi) is 6.85. The molecule has 1 aromatic rings. The quantitative estimate of drug-likeness (QED) is 0.550. The standard InChI is InChI=1S/C24H33F3O2/c1-15-2-6-17(7-3-15)20-13-28-24(29-14-20)19-10-21(26)23(22(27)11-19)18-8-4-16(12-25)5-9-18/h10-11,15-18,20,24H,2-9,12-14H2,1H3. The molecule has 0 aromatic heterocycles. The molecule has 2 aliphatic carbocycles. The molecule has 0 amide bonds. The van der Waals surface area contributed by atoms with Crippen LogP contribution in [0.4, 0.5) is 13.2 Å². The Hall–Kier alpha value is -1.07. The fourth-order valence-corrected chi connectivity index (χ4v) is 5.48. The van der Waals surface area contributed by atoms with Crippen LogP contribution in [0.1, 0.15) is 81.6 Å². The summed E-state index contributed by atoms with van der Waals surface area (Å²) in [4.78, 5) is 0. The first-order valence-corrected chi connectivity index (χ1v) is 11.3. The minimum absolute atomic E-state index is 0.0426. The van der Waals surface area contributed by atoms with Crippen LogP contribution in [0.3, 0.4) is 0 Å². The minimum atomic E-state index is -0.700. The van der Waals surface area contributed by atoms with E-state index in [1.165, 1.54) is 37.8 Å². The van der Waals surface area contributed by atoms with Crippen LogP contribution in [0.5, 0.6) is 0 Å². The van der Waals surface area contributed by atoms with Gasteiger partial charge in [-0.05, 0) is 74.3 Å². The zero-order chi connectivity index (χ0) is 20.4. The van der Waals surface area contributed by atoms with Crippen molar-refractivity contribution in [2.24, 2.45) is 23.7 Å². The molecular weight excluding hydrogens is 377 g/mol. The Labute approximate surface area is 172 Å². The van der Waals surface area contributed by atoms with Crippen LogP contribution in [-0.4, -0.2) is 19.9 Å². The maximum Gasteiger partial charge on any atom is 0.184 e. The topological polar surface area (TPSA) is 18.5 Å². The Morgan fingerprint density at radius 3 is 1.97 bits per heavy atom. The smallest absolute Gasteiger partial charge is 0.184 e. The van der Waals surface area contributed by atoms with Gasteiger partial charge in [0.05, 0.1) is 19.9 Å². The van der Waals surface area contributed by atoms with Gasteiger partial charge in [-0.1, -0.05) is 19.8 Å². The van der Waals surface area contributed by atoms with Gasteiger partial charge in [-0.3, -0.25) is 4.39 Å². The van der Waals surface area contributed by atoms with E-state index in [0.29, 0.717) is 56.3 Å². The molecule has 0 spiro atoms. The van der Waals surface area contributed by atoms with Gasteiger partial charge in [0.15, 0.2) is 6.29 Å². The second kappa shape index (κ2) is 9.38. The van der Waals surface area contributed by atoms with E-state index in [1.54, 1.807) is 0 Å². The molecule has 2 nitrogen and oxygen atoms in total. The number of hydrogen-bond acceptors (Lipinski definition) is 2. The van der Waals surface area contributed by atoms with E-state index in [1.807, 2.05) is 0 Å². The Balaban J connectivity index is 1.37. The largest absolute Gasteiger partial charge is 0.348 e. The summed E-state index contributed by atoms with van der Waals surface area (Å²) in [7, 11) is 0. The predicted molar refractivity (Wildman–Crippen MR) is 106 cm³/mol. The molecule has 3 fully saturated rings. The molecule has 1 aliphatic heterocycles. The molecule has 1 saturated heterocycles. The van der Waals surface area contributed by atoms with Gasteiger partial charge in [0.1, 0.15) is 11.6 Å². The molecule has 3 aliphatic rings. The summed E-state index contributed by atoms with van der Waals surface area (Å²) in [5, 5.41) is 0. The number of rotatable bonds is 4. The van der Waals surface area contributed by atoms with E-state index in [9.17, 15) is 13.2 Å². The van der Waals surface area contributed by atoms with Crippen molar-refractivity contribution in [2.45, 2.75) is 70.5 Å². The van der Waals surface area contributed by atoms with Crippen LogP contribution in [-0.2, 0) is 9.47 Å². The molecule has 1 heterocycles. The fourth-order valence-electron chi connectivity index (χ4n) is 5.48. The minimum Gasteiger partial charge on any atom is -0.348 e. The van der Waals surface area contributed by atoms with Crippen LogP contribution in [0.25, 0.3) is 0 Å². The summed E-state index contributed by atoms with van der Waals surface area (Å²) >= 11 is 0. The molecule has 162 valence electrons. The van der Waals surface area contributed by atoms with Crippen LogP contribution in [0.15, 0.2) is 12.1 Å². The third-order valence-electron chi connectivity index (χ3n) is 7.50. The molecular formula is C24H33F3O2. The van der Waals surface area contributed by atoms with E-state index in [4.69, 9.17) is 9.47 Å². The highest BCUT2D eigenvalue weighted by Crippen LogP contribution is 2.40. The number of hydrogen-bond donors (Lipinski definition) is 0. The lowest BCUT2D eigenvalue weighted by molar-refractivity contribution is -0.214. The van der Waals surface area contributed by atoms with Crippen LogP contribution >= 0.6 is 0 Å². The molecule has 1 aromatic carbocycles. The highest BCUT2D eigenvalue weighted by molar-refractivity contribution is 5.30. The average Bonchev–Trinajstić information content (AvgIpc) is 2.74. The fraction of sp³-hybridized carbons (Fsp3) is 0.750. The van der Waals surface area contributed by atoms with Gasteiger partial charge in [-0.2, -0.15) is 0 Å². The second-order valence-electron chi connectivity index (χ2n) is 9.55. The molecule has 0 atom stereocenters. The van der Waals surface area contributed by atoms with Crippen molar-refractivity contribution >= 4 is 0 Å². The number of alkyl halides is 1. The maximum atomic E-state index is 14.8. The normalized spacial score (nSPS) is 36.1. The van der Waals surface area contributed by atoms with Crippen LogP contribution in [0.2, 0.25) is 0 Å². The Bertz CT molecular complexity index is 648. The van der Waals surface area contributed by atoms with Crippen molar-refractivity contribution in [3.63, 3.8) is 0 Å². The highest BCUT2D eigenvalue weighted by atomic mass is 19.1. The van der Waals surface area contributed by atoms with Crippen LogP contribution < -0.4 is 0 Å². The van der Waals surface area contributed by atoms with Gasteiger partial charge in [0, 0.05) is 17.0 Å². The molecule has 0 N–H and O–H groups in total. The predicted octanol–water partition coefficient (Wildman–Crippen LogP) is 6.70.